The largest absolute Gasteiger partial charge is 0.508 e. The van der Waals surface area contributed by atoms with Gasteiger partial charge in [0.15, 0.2) is 5.13 Å². The number of piperidine rings is 1. The molecule has 0 saturated carbocycles. The van der Waals surface area contributed by atoms with Gasteiger partial charge in [-0.3, -0.25) is 5.32 Å². The van der Waals surface area contributed by atoms with Crippen LogP contribution in [0.1, 0.15) is 38.3 Å². The predicted octanol–water partition coefficient (Wildman–Crippen LogP) is 4.88. The Morgan fingerprint density at radius 1 is 1.34 bits per heavy atom. The van der Waals surface area contributed by atoms with Crippen molar-refractivity contribution in [2.45, 2.75) is 51.1 Å². The number of carbonyl (C=O) groups is 1. The smallest absolute Gasteiger partial charge is 0.321 e. The number of hydrogen-bond acceptors (Lipinski definition) is 5. The third-order valence-electron chi connectivity index (χ3n) is 6.79. The second-order valence-corrected chi connectivity index (χ2v) is 9.82. The average Bonchev–Trinajstić information content (AvgIpc) is 3.15. The van der Waals surface area contributed by atoms with Crippen LogP contribution in [0.25, 0.3) is 10.2 Å². The minimum atomic E-state index is -0.357. The number of carbonyl (C=O) groups excluding carboxylic acids is 1. The number of urea groups is 1. The molecule has 2 amide bonds. The van der Waals surface area contributed by atoms with E-state index in [9.17, 15) is 14.3 Å². The van der Waals surface area contributed by atoms with Crippen molar-refractivity contribution in [2.24, 2.45) is 0 Å². The molecule has 0 spiro atoms. The second kappa shape index (κ2) is 8.67. The molecule has 3 atom stereocenters. The quantitative estimate of drug-likeness (QED) is 0.523. The van der Waals surface area contributed by atoms with Gasteiger partial charge >= 0.3 is 6.03 Å². The first-order valence-corrected chi connectivity index (χ1v) is 11.7. The zero-order valence-corrected chi connectivity index (χ0v) is 19.6. The molecule has 1 aliphatic rings. The Kier molecular flexibility index (Phi) is 6.09. The number of nitrogens with zero attached hydrogens (tertiary/aromatic N) is 2. The zero-order valence-electron chi connectivity index (χ0n) is 18.8. The number of benzene rings is 2. The van der Waals surface area contributed by atoms with Gasteiger partial charge in [-0.25, -0.2) is 14.2 Å². The Morgan fingerprint density at radius 3 is 2.88 bits per heavy atom. The third-order valence-corrected chi connectivity index (χ3v) is 7.75. The summed E-state index contributed by atoms with van der Waals surface area (Å²) in [5, 5.41) is 16.6. The van der Waals surface area contributed by atoms with E-state index < -0.39 is 0 Å². The number of thiazole rings is 1. The second-order valence-electron chi connectivity index (χ2n) is 8.79. The molecule has 0 radical (unpaired) electrons. The average molecular weight is 457 g/mol. The summed E-state index contributed by atoms with van der Waals surface area (Å²) in [6.07, 6.45) is 1.69. The number of aromatic nitrogens is 1. The molecule has 3 aromatic rings. The number of anilines is 1. The molecule has 170 valence electrons. The first-order valence-electron chi connectivity index (χ1n) is 10.9. The van der Waals surface area contributed by atoms with Gasteiger partial charge in [0.05, 0.1) is 16.3 Å². The molecular formula is C24H29FN4O2S. The fourth-order valence-corrected chi connectivity index (χ4v) is 5.61. The van der Waals surface area contributed by atoms with E-state index >= 15 is 0 Å². The van der Waals surface area contributed by atoms with E-state index in [1.54, 1.807) is 12.1 Å². The molecule has 0 aliphatic carbocycles. The highest BCUT2D eigenvalue weighted by Crippen LogP contribution is 2.41. The van der Waals surface area contributed by atoms with Crippen molar-refractivity contribution in [2.75, 3.05) is 18.9 Å². The van der Waals surface area contributed by atoms with Gasteiger partial charge in [-0.2, -0.15) is 0 Å². The predicted molar refractivity (Wildman–Crippen MR) is 127 cm³/mol. The Labute approximate surface area is 191 Å². The van der Waals surface area contributed by atoms with Gasteiger partial charge in [0.2, 0.25) is 0 Å². The number of nitrogens with one attached hydrogen (secondary N) is 2. The van der Waals surface area contributed by atoms with Crippen molar-refractivity contribution in [3.63, 3.8) is 0 Å². The number of rotatable bonds is 4. The zero-order chi connectivity index (χ0) is 23.0. The number of aryl methyl sites for hydroxylation is 1. The van der Waals surface area contributed by atoms with E-state index in [-0.39, 0.29) is 35.1 Å². The van der Waals surface area contributed by atoms with E-state index in [1.165, 1.54) is 29.0 Å². The fraction of sp³-hybridized carbons (Fsp3) is 0.417. The highest BCUT2D eigenvalue weighted by Gasteiger charge is 2.45. The van der Waals surface area contributed by atoms with Gasteiger partial charge in [0.25, 0.3) is 0 Å². The molecule has 1 saturated heterocycles. The van der Waals surface area contributed by atoms with Crippen molar-refractivity contribution in [1.82, 2.24) is 15.2 Å². The van der Waals surface area contributed by atoms with Crippen LogP contribution in [-0.2, 0) is 11.8 Å². The summed E-state index contributed by atoms with van der Waals surface area (Å²) in [5.41, 5.74) is 2.40. The van der Waals surface area contributed by atoms with Crippen LogP contribution in [0.3, 0.4) is 0 Å². The normalized spacial score (nSPS) is 23.9. The van der Waals surface area contributed by atoms with Gasteiger partial charge < -0.3 is 15.3 Å². The van der Waals surface area contributed by atoms with Gasteiger partial charge in [-0.05, 0) is 68.8 Å². The van der Waals surface area contributed by atoms with Crippen molar-refractivity contribution in [3.8, 4) is 5.75 Å². The Morgan fingerprint density at radius 2 is 2.12 bits per heavy atom. The molecular weight excluding hydrogens is 427 g/mol. The number of phenolic OH excluding ortho intramolecular Hbond substituents is 1. The third kappa shape index (κ3) is 4.17. The lowest BCUT2D eigenvalue weighted by Crippen LogP contribution is -2.63. The van der Waals surface area contributed by atoms with E-state index in [2.05, 4.69) is 48.3 Å². The summed E-state index contributed by atoms with van der Waals surface area (Å²) in [6, 6.07) is 9.47. The molecule has 0 unspecified atom stereocenters. The van der Waals surface area contributed by atoms with Crippen LogP contribution >= 0.6 is 11.3 Å². The van der Waals surface area contributed by atoms with Crippen molar-refractivity contribution in [3.05, 3.63) is 53.3 Å². The van der Waals surface area contributed by atoms with Gasteiger partial charge in [0, 0.05) is 17.5 Å². The van der Waals surface area contributed by atoms with Crippen LogP contribution in [0.15, 0.2) is 36.4 Å². The van der Waals surface area contributed by atoms with Gasteiger partial charge in [-0.15, -0.1) is 0 Å². The number of fused-ring (bicyclic) bond motifs is 1. The summed E-state index contributed by atoms with van der Waals surface area (Å²) < 4.78 is 14.3. The molecule has 2 aromatic carbocycles. The van der Waals surface area contributed by atoms with Crippen LogP contribution in [-0.4, -0.2) is 46.7 Å². The lowest BCUT2D eigenvalue weighted by molar-refractivity contribution is 0.0940. The van der Waals surface area contributed by atoms with Crippen LogP contribution in [0.4, 0.5) is 14.3 Å². The van der Waals surface area contributed by atoms with E-state index in [0.29, 0.717) is 10.6 Å². The van der Waals surface area contributed by atoms with Crippen LogP contribution < -0.4 is 10.6 Å². The monoisotopic (exact) mass is 456 g/mol. The number of phenols is 1. The maximum atomic E-state index is 13.5. The summed E-state index contributed by atoms with van der Waals surface area (Å²) in [7, 11) is 2.06. The maximum Gasteiger partial charge on any atom is 0.321 e. The van der Waals surface area contributed by atoms with Crippen molar-refractivity contribution >= 4 is 32.7 Å². The topological polar surface area (TPSA) is 77.5 Å². The van der Waals surface area contributed by atoms with Crippen LogP contribution in [0, 0.1) is 5.82 Å². The molecule has 4 rings (SSSR count). The SMILES string of the molecule is CCc1ccc(O)cc1[C@@]1(C)CCN(C)[C@H](C)[C@@H]1NC(=O)Nc1nc2cc(F)ccc2s1. The minimum Gasteiger partial charge on any atom is -0.508 e. The van der Waals surface area contributed by atoms with E-state index in [4.69, 9.17) is 0 Å². The molecule has 0 bridgehead atoms. The number of likely N-dealkylation sites (tertiary alicyclic amines) is 1. The highest BCUT2D eigenvalue weighted by molar-refractivity contribution is 7.22. The summed E-state index contributed by atoms with van der Waals surface area (Å²) in [5.74, 6) is -0.124. The Hall–Kier alpha value is -2.71. The van der Waals surface area contributed by atoms with Crippen molar-refractivity contribution in [1.29, 1.82) is 0 Å². The van der Waals surface area contributed by atoms with Gasteiger partial charge in [-0.1, -0.05) is 31.3 Å². The van der Waals surface area contributed by atoms with Crippen molar-refractivity contribution < 1.29 is 14.3 Å². The summed E-state index contributed by atoms with van der Waals surface area (Å²) in [4.78, 5) is 19.6. The van der Waals surface area contributed by atoms with E-state index in [1.807, 2.05) is 12.1 Å². The highest BCUT2D eigenvalue weighted by atomic mass is 32.1. The lowest BCUT2D eigenvalue weighted by Gasteiger charge is -2.50. The number of likely N-dealkylation sites (N-methyl/N-ethyl adjacent to an activating group) is 1. The maximum absolute atomic E-state index is 13.5. The molecule has 1 fully saturated rings. The first kappa shape index (κ1) is 22.5. The molecule has 2 heterocycles. The number of amides is 2. The minimum absolute atomic E-state index is 0.0796. The number of hydrogen-bond donors (Lipinski definition) is 3. The molecule has 6 nitrogen and oxygen atoms in total. The summed E-state index contributed by atoms with van der Waals surface area (Å²) >= 11 is 1.31. The number of halogens is 1. The molecule has 1 aromatic heterocycles. The molecule has 3 N–H and O–H groups in total. The Balaban J connectivity index is 1.62. The number of aromatic hydroxyl groups is 1. The molecule has 1 aliphatic heterocycles. The molecule has 32 heavy (non-hydrogen) atoms. The van der Waals surface area contributed by atoms with Gasteiger partial charge in [0.1, 0.15) is 11.6 Å². The Bertz CT molecular complexity index is 1150. The summed E-state index contributed by atoms with van der Waals surface area (Å²) in [6.45, 7) is 7.26. The van der Waals surface area contributed by atoms with Crippen LogP contribution in [0.2, 0.25) is 0 Å². The fourth-order valence-electron chi connectivity index (χ4n) is 4.77. The first-order chi connectivity index (χ1) is 15.2. The lowest BCUT2D eigenvalue weighted by atomic mass is 9.67. The van der Waals surface area contributed by atoms with E-state index in [0.717, 1.165) is 29.6 Å². The standard InChI is InChI=1S/C24H29FN4O2S/c1-5-15-6-8-17(30)13-18(15)24(3)10-11-29(4)14(2)21(24)27-22(31)28-23-26-19-12-16(25)7-9-20(19)32-23/h6-9,12-14,21,30H,5,10-11H2,1-4H3,(H2,26,27,28,31)/t14-,21+,24-/m1/s1. The van der Waals surface area contributed by atoms with Crippen LogP contribution in [0.5, 0.6) is 5.75 Å². The molecule has 8 heteroatoms.